The smallest absolute Gasteiger partial charge is 0.336 e. The Hall–Kier alpha value is -4.91. The number of hydrogen-bond donors (Lipinski definition) is 1. The SMILES string of the molecule is Cc1ccc(CSc2nc(=O)c3c(n2Cc2nnc(CN4CCNC4=O)n2Cc2ccc(-c4ccc(C(F)(F)F)cc4)cc2)CCC3)cc1. The minimum absolute atomic E-state index is 0.158. The molecular weight excluding hydrogens is 652 g/mol. The molecule has 252 valence electrons. The number of carbonyl (C=O) groups is 1. The van der Waals surface area contributed by atoms with E-state index in [1.165, 1.54) is 29.5 Å². The van der Waals surface area contributed by atoms with Crippen molar-refractivity contribution in [3.8, 4) is 11.1 Å². The van der Waals surface area contributed by atoms with Gasteiger partial charge < -0.3 is 19.4 Å². The maximum atomic E-state index is 13.1. The average Bonchev–Trinajstić information content (AvgIpc) is 3.84. The lowest BCUT2D eigenvalue weighted by Crippen LogP contribution is -2.29. The highest BCUT2D eigenvalue weighted by Gasteiger charge is 2.30. The van der Waals surface area contributed by atoms with Gasteiger partial charge in [-0.15, -0.1) is 10.2 Å². The van der Waals surface area contributed by atoms with Gasteiger partial charge >= 0.3 is 12.2 Å². The first-order chi connectivity index (χ1) is 23.6. The lowest BCUT2D eigenvalue weighted by Gasteiger charge is -2.19. The summed E-state index contributed by atoms with van der Waals surface area (Å²) in [5.41, 5.74) is 5.57. The second kappa shape index (κ2) is 13.5. The van der Waals surface area contributed by atoms with Crippen molar-refractivity contribution in [2.45, 2.75) is 62.9 Å². The Balaban J connectivity index is 1.20. The van der Waals surface area contributed by atoms with Crippen molar-refractivity contribution in [3.63, 3.8) is 0 Å². The van der Waals surface area contributed by atoms with Gasteiger partial charge in [-0.25, -0.2) is 4.79 Å². The van der Waals surface area contributed by atoms with Crippen molar-refractivity contribution in [1.82, 2.24) is 34.5 Å². The number of urea groups is 1. The van der Waals surface area contributed by atoms with E-state index in [-0.39, 0.29) is 18.1 Å². The Morgan fingerprint density at radius 1 is 0.796 bits per heavy atom. The Kier molecular flexibility index (Phi) is 9.01. The molecule has 7 rings (SSSR count). The number of aromatic nitrogens is 5. The molecule has 1 aliphatic carbocycles. The summed E-state index contributed by atoms with van der Waals surface area (Å²) in [5.74, 6) is 1.94. The summed E-state index contributed by atoms with van der Waals surface area (Å²) in [7, 11) is 0. The monoisotopic (exact) mass is 685 g/mol. The van der Waals surface area contributed by atoms with Crippen LogP contribution in [-0.4, -0.2) is 48.3 Å². The van der Waals surface area contributed by atoms with Crippen molar-refractivity contribution < 1.29 is 18.0 Å². The number of fused-ring (bicyclic) bond motifs is 1. The molecule has 9 nitrogen and oxygen atoms in total. The molecule has 0 radical (unpaired) electrons. The van der Waals surface area contributed by atoms with Crippen LogP contribution in [0.25, 0.3) is 11.1 Å². The van der Waals surface area contributed by atoms with Crippen LogP contribution < -0.4 is 10.9 Å². The van der Waals surface area contributed by atoms with Gasteiger partial charge in [-0.2, -0.15) is 18.2 Å². The highest BCUT2D eigenvalue weighted by atomic mass is 32.2. The van der Waals surface area contributed by atoms with Crippen molar-refractivity contribution >= 4 is 17.8 Å². The number of nitrogens with zero attached hydrogens (tertiary/aromatic N) is 6. The van der Waals surface area contributed by atoms with E-state index in [0.717, 1.165) is 52.9 Å². The fraction of sp³-hybridized carbons (Fsp3) is 0.306. The largest absolute Gasteiger partial charge is 0.416 e. The van der Waals surface area contributed by atoms with Crippen LogP contribution in [0.15, 0.2) is 82.7 Å². The highest BCUT2D eigenvalue weighted by molar-refractivity contribution is 7.98. The molecule has 2 aromatic heterocycles. The molecule has 49 heavy (non-hydrogen) atoms. The van der Waals surface area contributed by atoms with Gasteiger partial charge in [0, 0.05) is 30.1 Å². The number of thioether (sulfide) groups is 1. The molecule has 5 aromatic rings. The minimum atomic E-state index is -4.39. The number of alkyl halides is 3. The van der Waals surface area contributed by atoms with E-state index in [1.807, 2.05) is 35.8 Å². The predicted molar refractivity (Wildman–Crippen MR) is 180 cm³/mol. The summed E-state index contributed by atoms with van der Waals surface area (Å²) in [6.45, 7) is 4.18. The molecule has 0 unspecified atom stereocenters. The second-order valence-electron chi connectivity index (χ2n) is 12.4. The summed E-state index contributed by atoms with van der Waals surface area (Å²) in [6.07, 6.45) is -2.05. The van der Waals surface area contributed by atoms with Crippen LogP contribution in [0.1, 0.15) is 51.6 Å². The van der Waals surface area contributed by atoms with E-state index in [0.29, 0.717) is 60.7 Å². The number of nitrogens with one attached hydrogen (secondary N) is 1. The molecule has 1 saturated heterocycles. The van der Waals surface area contributed by atoms with Gasteiger partial charge in [0.1, 0.15) is 0 Å². The molecule has 13 heteroatoms. The van der Waals surface area contributed by atoms with Crippen LogP contribution in [0.3, 0.4) is 0 Å². The topological polar surface area (TPSA) is 97.9 Å². The molecule has 2 aliphatic rings. The third-order valence-corrected chi connectivity index (χ3v) is 10.1. The Labute approximate surface area is 285 Å². The van der Waals surface area contributed by atoms with Crippen molar-refractivity contribution in [3.05, 3.63) is 128 Å². The molecule has 1 aliphatic heterocycles. The second-order valence-corrected chi connectivity index (χ2v) is 13.3. The third-order valence-electron chi connectivity index (χ3n) is 9.01. The van der Waals surface area contributed by atoms with E-state index in [2.05, 4.69) is 49.3 Å². The fourth-order valence-corrected chi connectivity index (χ4v) is 7.26. The predicted octanol–water partition coefficient (Wildman–Crippen LogP) is 6.23. The highest BCUT2D eigenvalue weighted by Crippen LogP contribution is 2.31. The number of rotatable bonds is 10. The number of hydrogen-bond acceptors (Lipinski definition) is 6. The molecule has 3 aromatic carbocycles. The average molecular weight is 686 g/mol. The van der Waals surface area contributed by atoms with Crippen LogP contribution in [-0.2, 0) is 44.4 Å². The van der Waals surface area contributed by atoms with Gasteiger partial charge in [0.05, 0.1) is 25.2 Å². The molecular formula is C36H34F3N7O2S. The van der Waals surface area contributed by atoms with Crippen molar-refractivity contribution in [1.29, 1.82) is 0 Å². The molecule has 0 bridgehead atoms. The normalized spacial score (nSPS) is 14.4. The number of halogens is 3. The van der Waals surface area contributed by atoms with Crippen LogP contribution in [0.2, 0.25) is 0 Å². The number of benzene rings is 3. The Morgan fingerprint density at radius 3 is 2.10 bits per heavy atom. The van der Waals surface area contributed by atoms with Crippen LogP contribution in [0.5, 0.6) is 0 Å². The zero-order valence-electron chi connectivity index (χ0n) is 26.8. The van der Waals surface area contributed by atoms with Crippen molar-refractivity contribution in [2.75, 3.05) is 13.1 Å². The van der Waals surface area contributed by atoms with Crippen molar-refractivity contribution in [2.24, 2.45) is 0 Å². The number of carbonyl (C=O) groups excluding carboxylic acids is 1. The van der Waals surface area contributed by atoms with Gasteiger partial charge in [0.15, 0.2) is 16.8 Å². The van der Waals surface area contributed by atoms with Gasteiger partial charge in [0.25, 0.3) is 5.56 Å². The summed E-state index contributed by atoms with van der Waals surface area (Å²) < 4.78 is 43.3. The lowest BCUT2D eigenvalue weighted by atomic mass is 10.0. The molecule has 0 atom stereocenters. The maximum absolute atomic E-state index is 13.1. The zero-order chi connectivity index (χ0) is 34.1. The lowest BCUT2D eigenvalue weighted by molar-refractivity contribution is -0.137. The molecule has 1 N–H and O–H groups in total. The molecule has 2 amide bonds. The van der Waals surface area contributed by atoms with Gasteiger partial charge in [-0.1, -0.05) is 78.0 Å². The fourth-order valence-electron chi connectivity index (χ4n) is 6.29. The van der Waals surface area contributed by atoms with Gasteiger partial charge in [0.2, 0.25) is 0 Å². The van der Waals surface area contributed by atoms with E-state index in [9.17, 15) is 22.8 Å². The number of aryl methyl sites for hydroxylation is 1. The van der Waals surface area contributed by atoms with Gasteiger partial charge in [-0.3, -0.25) is 4.79 Å². The van der Waals surface area contributed by atoms with E-state index in [4.69, 9.17) is 0 Å². The summed E-state index contributed by atoms with van der Waals surface area (Å²) in [6, 6.07) is 20.9. The number of amides is 2. The van der Waals surface area contributed by atoms with Gasteiger partial charge in [-0.05, 0) is 60.6 Å². The summed E-state index contributed by atoms with van der Waals surface area (Å²) in [4.78, 5) is 31.7. The zero-order valence-corrected chi connectivity index (χ0v) is 27.7. The first-order valence-corrected chi connectivity index (χ1v) is 17.1. The van der Waals surface area contributed by atoms with E-state index < -0.39 is 11.7 Å². The summed E-state index contributed by atoms with van der Waals surface area (Å²) >= 11 is 1.52. The van der Waals surface area contributed by atoms with E-state index in [1.54, 1.807) is 4.90 Å². The molecule has 3 heterocycles. The first kappa shape index (κ1) is 32.6. The van der Waals surface area contributed by atoms with Crippen LogP contribution >= 0.6 is 11.8 Å². The van der Waals surface area contributed by atoms with E-state index >= 15 is 0 Å². The standard InChI is InChI=1S/C36H34F3N7O2S/c1-23-5-7-25(8-6-23)22-49-35-41-33(47)29-3-2-4-30(29)45(35)21-32-43-42-31(20-44-18-17-40-34(44)48)46(32)19-24-9-11-26(12-10-24)27-13-15-28(16-14-27)36(37,38)39/h5-16H,2-4,17-22H2,1H3,(H,40,48). The molecule has 0 spiro atoms. The minimum Gasteiger partial charge on any atom is -0.336 e. The Bertz CT molecular complexity index is 2040. The quantitative estimate of drug-likeness (QED) is 0.138. The summed E-state index contributed by atoms with van der Waals surface area (Å²) in [5, 5.41) is 12.6. The molecule has 0 saturated carbocycles. The first-order valence-electron chi connectivity index (χ1n) is 16.1. The van der Waals surface area contributed by atoms with Crippen LogP contribution in [0.4, 0.5) is 18.0 Å². The maximum Gasteiger partial charge on any atom is 0.416 e. The third kappa shape index (κ3) is 7.12. The Morgan fingerprint density at radius 2 is 1.45 bits per heavy atom. The molecule has 1 fully saturated rings. The van der Waals surface area contributed by atoms with Crippen LogP contribution in [0, 0.1) is 6.92 Å².